The van der Waals surface area contributed by atoms with Crippen molar-refractivity contribution in [2.24, 2.45) is 17.3 Å². The molecule has 102 valence electrons. The zero-order valence-corrected chi connectivity index (χ0v) is 12.0. The lowest BCUT2D eigenvalue weighted by atomic mass is 9.76. The van der Waals surface area contributed by atoms with Crippen molar-refractivity contribution < 1.29 is 0 Å². The number of nitrogens with one attached hydrogen (secondary N) is 1. The van der Waals surface area contributed by atoms with Crippen LogP contribution in [0.1, 0.15) is 43.2 Å². The van der Waals surface area contributed by atoms with Crippen molar-refractivity contribution in [3.8, 4) is 0 Å². The Labute approximate surface area is 116 Å². The molecule has 4 rings (SSSR count). The van der Waals surface area contributed by atoms with Gasteiger partial charge in [-0.3, -0.25) is 0 Å². The van der Waals surface area contributed by atoms with Crippen molar-refractivity contribution in [2.45, 2.75) is 51.5 Å². The summed E-state index contributed by atoms with van der Waals surface area (Å²) < 4.78 is 0. The maximum Gasteiger partial charge on any atom is 0.00684 e. The molecule has 1 N–H and O–H groups in total. The second-order valence-corrected chi connectivity index (χ2v) is 7.42. The van der Waals surface area contributed by atoms with Crippen LogP contribution < -0.4 is 5.32 Å². The maximum absolute atomic E-state index is 3.82. The van der Waals surface area contributed by atoms with Crippen molar-refractivity contribution in [3.05, 3.63) is 35.4 Å². The lowest BCUT2D eigenvalue weighted by molar-refractivity contribution is 0.247. The Morgan fingerprint density at radius 3 is 2.58 bits per heavy atom. The van der Waals surface area contributed by atoms with Crippen LogP contribution in [-0.2, 0) is 6.42 Å². The van der Waals surface area contributed by atoms with Crippen molar-refractivity contribution >= 4 is 0 Å². The van der Waals surface area contributed by atoms with Crippen LogP contribution in [0.25, 0.3) is 0 Å². The first-order valence-corrected chi connectivity index (χ1v) is 8.02. The smallest absolute Gasteiger partial charge is 0.00684 e. The SMILES string of the molecule is Cc1ccccc1CC1(CNC2CC2)CC2CC2C1. The van der Waals surface area contributed by atoms with Gasteiger partial charge in [-0.05, 0) is 73.8 Å². The van der Waals surface area contributed by atoms with Crippen LogP contribution >= 0.6 is 0 Å². The molecule has 3 aliphatic rings. The quantitative estimate of drug-likeness (QED) is 0.846. The molecule has 2 atom stereocenters. The summed E-state index contributed by atoms with van der Waals surface area (Å²) in [6.45, 7) is 3.53. The summed E-state index contributed by atoms with van der Waals surface area (Å²) >= 11 is 0. The van der Waals surface area contributed by atoms with E-state index in [1.807, 2.05) is 0 Å². The first-order chi connectivity index (χ1) is 9.24. The van der Waals surface area contributed by atoms with Crippen LogP contribution in [0.3, 0.4) is 0 Å². The summed E-state index contributed by atoms with van der Waals surface area (Å²) in [6.07, 6.45) is 8.60. The van der Waals surface area contributed by atoms with Gasteiger partial charge in [-0.25, -0.2) is 0 Å². The first-order valence-electron chi connectivity index (χ1n) is 8.02. The third kappa shape index (κ3) is 2.45. The molecule has 1 aromatic carbocycles. The molecule has 2 unspecified atom stereocenters. The standard InChI is InChI=1S/C18H25N/c1-13-4-2-3-5-14(13)9-18(12-19-17-6-7-17)10-15-8-16(15)11-18/h2-5,15-17,19H,6-12H2,1H3. The highest BCUT2D eigenvalue weighted by molar-refractivity contribution is 5.27. The van der Waals surface area contributed by atoms with Crippen LogP contribution in [-0.4, -0.2) is 12.6 Å². The van der Waals surface area contributed by atoms with Gasteiger partial charge < -0.3 is 5.32 Å². The zero-order valence-electron chi connectivity index (χ0n) is 12.0. The Balaban J connectivity index is 1.51. The molecule has 1 heteroatoms. The Morgan fingerprint density at radius 1 is 1.16 bits per heavy atom. The minimum Gasteiger partial charge on any atom is -0.313 e. The zero-order chi connectivity index (χ0) is 12.9. The minimum atomic E-state index is 0.572. The highest BCUT2D eigenvalue weighted by Crippen LogP contribution is 2.60. The lowest BCUT2D eigenvalue weighted by Gasteiger charge is -2.32. The summed E-state index contributed by atoms with van der Waals surface area (Å²) in [7, 11) is 0. The number of fused-ring (bicyclic) bond motifs is 1. The lowest BCUT2D eigenvalue weighted by Crippen LogP contribution is -2.36. The number of rotatable bonds is 5. The van der Waals surface area contributed by atoms with E-state index in [2.05, 4.69) is 36.5 Å². The molecule has 3 fully saturated rings. The Kier molecular flexibility index (Phi) is 2.73. The van der Waals surface area contributed by atoms with Gasteiger partial charge in [0, 0.05) is 12.6 Å². The van der Waals surface area contributed by atoms with Crippen LogP contribution in [0.5, 0.6) is 0 Å². The molecule has 0 spiro atoms. The fourth-order valence-electron chi connectivity index (χ4n) is 4.22. The largest absolute Gasteiger partial charge is 0.313 e. The van der Waals surface area contributed by atoms with E-state index in [9.17, 15) is 0 Å². The molecule has 0 bridgehead atoms. The fraction of sp³-hybridized carbons (Fsp3) is 0.667. The Bertz CT molecular complexity index is 464. The van der Waals surface area contributed by atoms with E-state index in [1.54, 1.807) is 5.56 Å². The van der Waals surface area contributed by atoms with Crippen LogP contribution in [0.15, 0.2) is 24.3 Å². The summed E-state index contributed by atoms with van der Waals surface area (Å²) in [5.74, 6) is 2.15. The monoisotopic (exact) mass is 255 g/mol. The average molecular weight is 255 g/mol. The average Bonchev–Trinajstić information content (AvgIpc) is 3.31. The van der Waals surface area contributed by atoms with E-state index < -0.39 is 0 Å². The van der Waals surface area contributed by atoms with Gasteiger partial charge in [0.1, 0.15) is 0 Å². The first kappa shape index (κ1) is 12.0. The van der Waals surface area contributed by atoms with Crippen molar-refractivity contribution in [2.75, 3.05) is 6.54 Å². The predicted octanol–water partition coefficient (Wildman–Crippen LogP) is 3.71. The Morgan fingerprint density at radius 2 is 1.89 bits per heavy atom. The van der Waals surface area contributed by atoms with Crippen molar-refractivity contribution in [3.63, 3.8) is 0 Å². The number of hydrogen-bond acceptors (Lipinski definition) is 1. The van der Waals surface area contributed by atoms with Gasteiger partial charge in [-0.15, -0.1) is 0 Å². The van der Waals surface area contributed by atoms with Crippen LogP contribution in [0, 0.1) is 24.2 Å². The molecule has 1 nitrogen and oxygen atoms in total. The van der Waals surface area contributed by atoms with Gasteiger partial charge in [0.15, 0.2) is 0 Å². The topological polar surface area (TPSA) is 12.0 Å². The van der Waals surface area contributed by atoms with Gasteiger partial charge in [-0.2, -0.15) is 0 Å². The van der Waals surface area contributed by atoms with E-state index in [0.717, 1.165) is 17.9 Å². The van der Waals surface area contributed by atoms with E-state index in [4.69, 9.17) is 0 Å². The molecule has 0 aliphatic heterocycles. The molecule has 0 radical (unpaired) electrons. The van der Waals surface area contributed by atoms with Crippen LogP contribution in [0.2, 0.25) is 0 Å². The molecule has 19 heavy (non-hydrogen) atoms. The van der Waals surface area contributed by atoms with Gasteiger partial charge >= 0.3 is 0 Å². The van der Waals surface area contributed by atoms with E-state index in [1.165, 1.54) is 50.6 Å². The molecule has 0 aromatic heterocycles. The Hall–Kier alpha value is -0.820. The van der Waals surface area contributed by atoms with Gasteiger partial charge in [-0.1, -0.05) is 24.3 Å². The predicted molar refractivity (Wildman–Crippen MR) is 79.2 cm³/mol. The van der Waals surface area contributed by atoms with Crippen molar-refractivity contribution in [1.29, 1.82) is 0 Å². The molecule has 3 saturated carbocycles. The fourth-order valence-corrected chi connectivity index (χ4v) is 4.22. The number of aryl methyl sites for hydroxylation is 1. The molecule has 0 heterocycles. The third-order valence-electron chi connectivity index (χ3n) is 5.63. The summed E-state index contributed by atoms with van der Waals surface area (Å²) in [5, 5.41) is 3.82. The van der Waals surface area contributed by atoms with Crippen molar-refractivity contribution in [1.82, 2.24) is 5.32 Å². The molecule has 1 aromatic rings. The summed E-state index contributed by atoms with van der Waals surface area (Å²) in [6, 6.07) is 9.84. The normalized spacial score (nSPS) is 36.3. The number of hydrogen-bond donors (Lipinski definition) is 1. The highest BCUT2D eigenvalue weighted by atomic mass is 15.0. The number of benzene rings is 1. The van der Waals surface area contributed by atoms with E-state index in [-0.39, 0.29) is 0 Å². The van der Waals surface area contributed by atoms with E-state index >= 15 is 0 Å². The summed E-state index contributed by atoms with van der Waals surface area (Å²) in [4.78, 5) is 0. The molecule has 0 saturated heterocycles. The molecule has 3 aliphatic carbocycles. The van der Waals surface area contributed by atoms with Gasteiger partial charge in [0.2, 0.25) is 0 Å². The molecule has 0 amide bonds. The highest BCUT2D eigenvalue weighted by Gasteiger charge is 2.53. The van der Waals surface area contributed by atoms with Crippen LogP contribution in [0.4, 0.5) is 0 Å². The second-order valence-electron chi connectivity index (χ2n) is 7.42. The third-order valence-corrected chi connectivity index (χ3v) is 5.63. The summed E-state index contributed by atoms with van der Waals surface area (Å²) in [5.41, 5.74) is 3.64. The van der Waals surface area contributed by atoms with Gasteiger partial charge in [0.25, 0.3) is 0 Å². The molecular formula is C18H25N. The minimum absolute atomic E-state index is 0.572. The molecular weight excluding hydrogens is 230 g/mol. The van der Waals surface area contributed by atoms with Gasteiger partial charge in [0.05, 0.1) is 0 Å². The second kappa shape index (κ2) is 4.34. The van der Waals surface area contributed by atoms with E-state index in [0.29, 0.717) is 5.41 Å². The maximum atomic E-state index is 3.82.